The molecule has 1 saturated heterocycles. The summed E-state index contributed by atoms with van der Waals surface area (Å²) in [6.07, 6.45) is 4.14. The monoisotopic (exact) mass is 281 g/mol. The van der Waals surface area contributed by atoms with Crippen LogP contribution in [0.5, 0.6) is 0 Å². The summed E-state index contributed by atoms with van der Waals surface area (Å²) in [5.74, 6) is -0.408. The summed E-state index contributed by atoms with van der Waals surface area (Å²) in [7, 11) is 0. The molecule has 2 N–H and O–H groups in total. The van der Waals surface area contributed by atoms with Crippen LogP contribution < -0.4 is 0 Å². The number of nitrogens with zero attached hydrogens (tertiary/aromatic N) is 1. The lowest BCUT2D eigenvalue weighted by Crippen LogP contribution is -2.56. The van der Waals surface area contributed by atoms with Crippen LogP contribution in [-0.2, 0) is 4.79 Å². The second kappa shape index (κ2) is 5.86. The highest BCUT2D eigenvalue weighted by atomic mass is 16.4. The molecule has 2 unspecified atom stereocenters. The van der Waals surface area contributed by atoms with Gasteiger partial charge < -0.3 is 10.2 Å². The van der Waals surface area contributed by atoms with Crippen molar-refractivity contribution in [3.05, 3.63) is 12.2 Å². The summed E-state index contributed by atoms with van der Waals surface area (Å²) in [6, 6.07) is 0.132. The van der Waals surface area contributed by atoms with Gasteiger partial charge in [0.2, 0.25) is 0 Å². The van der Waals surface area contributed by atoms with Crippen molar-refractivity contribution < 1.29 is 15.0 Å². The number of piperidine rings is 1. The number of carbonyl (C=O) groups is 1. The zero-order valence-corrected chi connectivity index (χ0v) is 12.6. The van der Waals surface area contributed by atoms with E-state index in [1.165, 1.54) is 5.57 Å². The third kappa shape index (κ3) is 3.23. The molecular weight excluding hydrogens is 254 g/mol. The first-order valence-electron chi connectivity index (χ1n) is 7.66. The second-order valence-electron chi connectivity index (χ2n) is 6.84. The molecule has 1 saturated carbocycles. The predicted octanol–water partition coefficient (Wildman–Crippen LogP) is 2.28. The van der Waals surface area contributed by atoms with Crippen LogP contribution in [0.25, 0.3) is 0 Å². The van der Waals surface area contributed by atoms with Crippen molar-refractivity contribution in [3.63, 3.8) is 0 Å². The average molecular weight is 281 g/mol. The summed E-state index contributed by atoms with van der Waals surface area (Å²) in [5, 5.41) is 19.7. The number of aliphatic hydroxyl groups is 1. The van der Waals surface area contributed by atoms with E-state index >= 15 is 0 Å². The van der Waals surface area contributed by atoms with Gasteiger partial charge in [0.1, 0.15) is 0 Å². The Balaban J connectivity index is 2.02. The number of hydrogen-bond acceptors (Lipinski definition) is 3. The quantitative estimate of drug-likeness (QED) is 0.779. The Bertz CT molecular complexity index is 383. The zero-order valence-electron chi connectivity index (χ0n) is 12.6. The minimum atomic E-state index is -0.681. The Kier molecular flexibility index (Phi) is 4.55. The Hall–Kier alpha value is -0.870. The Labute approximate surface area is 121 Å². The zero-order chi connectivity index (χ0) is 14.9. The standard InChI is InChI=1S/C16H27NO3/c1-11(2)13-4-7-16(3,20)14(10-13)17-8-5-12(6-9-17)15(18)19/h12-14,20H,1,4-10H2,2-3H3,(H,18,19)/t13-,14?,16?/m0/s1. The molecule has 2 rings (SSSR count). The molecule has 114 valence electrons. The molecule has 1 heterocycles. The largest absolute Gasteiger partial charge is 0.481 e. The van der Waals surface area contributed by atoms with Gasteiger partial charge in [-0.15, -0.1) is 0 Å². The molecule has 1 aliphatic heterocycles. The maximum atomic E-state index is 11.0. The molecule has 1 aliphatic carbocycles. The number of carboxylic acids is 1. The number of likely N-dealkylation sites (tertiary alicyclic amines) is 1. The van der Waals surface area contributed by atoms with E-state index in [0.29, 0.717) is 18.8 Å². The van der Waals surface area contributed by atoms with Crippen molar-refractivity contribution in [2.75, 3.05) is 13.1 Å². The number of allylic oxidation sites excluding steroid dienone is 1. The summed E-state index contributed by atoms with van der Waals surface area (Å²) in [4.78, 5) is 13.3. The minimum absolute atomic E-state index is 0.132. The van der Waals surface area contributed by atoms with Gasteiger partial charge >= 0.3 is 5.97 Å². The van der Waals surface area contributed by atoms with Crippen LogP contribution in [0.1, 0.15) is 46.0 Å². The lowest BCUT2D eigenvalue weighted by Gasteiger charge is -2.48. The molecule has 0 radical (unpaired) electrons. The lowest BCUT2D eigenvalue weighted by atomic mass is 9.72. The molecule has 20 heavy (non-hydrogen) atoms. The molecule has 2 fully saturated rings. The maximum absolute atomic E-state index is 11.0. The topological polar surface area (TPSA) is 60.8 Å². The highest BCUT2D eigenvalue weighted by molar-refractivity contribution is 5.70. The van der Waals surface area contributed by atoms with Gasteiger partial charge in [-0.3, -0.25) is 9.69 Å². The molecular formula is C16H27NO3. The second-order valence-corrected chi connectivity index (χ2v) is 6.84. The molecule has 0 aromatic carbocycles. The Morgan fingerprint density at radius 1 is 1.25 bits per heavy atom. The van der Waals surface area contributed by atoms with Gasteiger partial charge in [-0.25, -0.2) is 0 Å². The van der Waals surface area contributed by atoms with Crippen LogP contribution in [0.3, 0.4) is 0 Å². The summed E-state index contributed by atoms with van der Waals surface area (Å²) < 4.78 is 0. The van der Waals surface area contributed by atoms with E-state index in [0.717, 1.165) is 32.4 Å². The number of hydrogen-bond donors (Lipinski definition) is 2. The number of aliphatic carboxylic acids is 1. The van der Waals surface area contributed by atoms with Crippen molar-refractivity contribution in [2.24, 2.45) is 11.8 Å². The fourth-order valence-electron chi connectivity index (χ4n) is 3.72. The van der Waals surface area contributed by atoms with E-state index < -0.39 is 11.6 Å². The van der Waals surface area contributed by atoms with Crippen LogP contribution in [0.15, 0.2) is 12.2 Å². The molecule has 0 aromatic heterocycles. The van der Waals surface area contributed by atoms with Crippen LogP contribution in [-0.4, -0.2) is 45.8 Å². The van der Waals surface area contributed by atoms with Crippen LogP contribution in [0.2, 0.25) is 0 Å². The highest BCUT2D eigenvalue weighted by Crippen LogP contribution is 2.39. The first-order valence-corrected chi connectivity index (χ1v) is 7.66. The number of rotatable bonds is 3. The minimum Gasteiger partial charge on any atom is -0.481 e. The third-order valence-electron chi connectivity index (χ3n) is 5.24. The van der Waals surface area contributed by atoms with Gasteiger partial charge in [0.25, 0.3) is 0 Å². The van der Waals surface area contributed by atoms with Crippen molar-refractivity contribution in [3.8, 4) is 0 Å². The number of carboxylic acid groups (broad SMARTS) is 1. The molecule has 3 atom stereocenters. The van der Waals surface area contributed by atoms with Crippen molar-refractivity contribution in [2.45, 2.75) is 57.6 Å². The molecule has 4 nitrogen and oxygen atoms in total. The van der Waals surface area contributed by atoms with Gasteiger partial charge in [0.05, 0.1) is 11.5 Å². The van der Waals surface area contributed by atoms with E-state index in [9.17, 15) is 9.90 Å². The van der Waals surface area contributed by atoms with Crippen LogP contribution in [0, 0.1) is 11.8 Å². The van der Waals surface area contributed by atoms with Gasteiger partial charge in [0, 0.05) is 6.04 Å². The molecule has 0 aromatic rings. The normalized spacial score (nSPS) is 36.8. The summed E-state index contributed by atoms with van der Waals surface area (Å²) in [5.41, 5.74) is 0.535. The third-order valence-corrected chi connectivity index (χ3v) is 5.24. The average Bonchev–Trinajstić information content (AvgIpc) is 2.38. The fourth-order valence-corrected chi connectivity index (χ4v) is 3.72. The van der Waals surface area contributed by atoms with Crippen molar-refractivity contribution >= 4 is 5.97 Å². The van der Waals surface area contributed by atoms with Crippen LogP contribution >= 0.6 is 0 Å². The Morgan fingerprint density at radius 3 is 2.35 bits per heavy atom. The van der Waals surface area contributed by atoms with Crippen LogP contribution in [0.4, 0.5) is 0 Å². The van der Waals surface area contributed by atoms with E-state index in [1.54, 1.807) is 0 Å². The summed E-state index contributed by atoms with van der Waals surface area (Å²) >= 11 is 0. The van der Waals surface area contributed by atoms with Gasteiger partial charge in [0.15, 0.2) is 0 Å². The first-order chi connectivity index (χ1) is 9.31. The molecule has 0 amide bonds. The maximum Gasteiger partial charge on any atom is 0.306 e. The molecule has 2 aliphatic rings. The van der Waals surface area contributed by atoms with E-state index in [4.69, 9.17) is 5.11 Å². The summed E-state index contributed by atoms with van der Waals surface area (Å²) in [6.45, 7) is 9.61. The Morgan fingerprint density at radius 2 is 1.85 bits per heavy atom. The van der Waals surface area contributed by atoms with Crippen molar-refractivity contribution in [1.82, 2.24) is 4.90 Å². The van der Waals surface area contributed by atoms with E-state index in [2.05, 4.69) is 18.4 Å². The lowest BCUT2D eigenvalue weighted by molar-refractivity contribution is -0.144. The van der Waals surface area contributed by atoms with Gasteiger partial charge in [-0.05, 0) is 65.0 Å². The highest BCUT2D eigenvalue weighted by Gasteiger charge is 2.43. The first kappa shape index (κ1) is 15.5. The van der Waals surface area contributed by atoms with Gasteiger partial charge in [-0.1, -0.05) is 12.2 Å². The van der Waals surface area contributed by atoms with E-state index in [1.807, 2.05) is 6.92 Å². The van der Waals surface area contributed by atoms with Crippen molar-refractivity contribution in [1.29, 1.82) is 0 Å². The molecule has 4 heteroatoms. The smallest absolute Gasteiger partial charge is 0.306 e. The van der Waals surface area contributed by atoms with E-state index in [-0.39, 0.29) is 12.0 Å². The van der Waals surface area contributed by atoms with Gasteiger partial charge in [-0.2, -0.15) is 0 Å². The molecule has 0 bridgehead atoms. The predicted molar refractivity (Wildman–Crippen MR) is 78.5 cm³/mol. The fraction of sp³-hybridized carbons (Fsp3) is 0.812. The molecule has 0 spiro atoms. The SMILES string of the molecule is C=C(C)[C@H]1CCC(C)(O)C(N2CCC(C(=O)O)CC2)C1.